The van der Waals surface area contributed by atoms with Gasteiger partial charge in [0, 0.05) is 16.8 Å². The normalized spacial score (nSPS) is 12.4. The number of anilines is 1. The summed E-state index contributed by atoms with van der Waals surface area (Å²) in [6.45, 7) is -0.555. The predicted octanol–water partition coefficient (Wildman–Crippen LogP) is 3.48. The van der Waals surface area contributed by atoms with E-state index in [4.69, 9.17) is 19.2 Å². The molecule has 0 saturated carbocycles. The summed E-state index contributed by atoms with van der Waals surface area (Å²) in [6.07, 6.45) is 3.47. The van der Waals surface area contributed by atoms with Crippen molar-refractivity contribution in [2.45, 2.75) is 25.7 Å². The molecule has 180 valence electrons. The molecule has 0 atom stereocenters. The highest BCUT2D eigenvalue weighted by molar-refractivity contribution is 6.06. The van der Waals surface area contributed by atoms with Gasteiger partial charge < -0.3 is 19.5 Å². The fourth-order valence-electron chi connectivity index (χ4n) is 4.18. The van der Waals surface area contributed by atoms with Gasteiger partial charge in [-0.25, -0.2) is 14.4 Å². The van der Waals surface area contributed by atoms with Crippen molar-refractivity contribution >= 4 is 40.4 Å². The molecule has 0 radical (unpaired) electrons. The van der Waals surface area contributed by atoms with E-state index in [-0.39, 0.29) is 16.8 Å². The Hall–Kier alpha value is -4.27. The first-order valence-corrected chi connectivity index (χ1v) is 11.1. The van der Waals surface area contributed by atoms with Gasteiger partial charge in [0.2, 0.25) is 0 Å². The first kappa shape index (κ1) is 23.9. The quantitative estimate of drug-likeness (QED) is 0.424. The number of esters is 3. The number of hydrogen-bond donors (Lipinski definition) is 1. The van der Waals surface area contributed by atoms with Gasteiger partial charge in [-0.3, -0.25) is 9.78 Å². The molecule has 9 heteroatoms. The summed E-state index contributed by atoms with van der Waals surface area (Å²) >= 11 is 0. The molecule has 1 N–H and O–H groups in total. The van der Waals surface area contributed by atoms with Gasteiger partial charge in [0.15, 0.2) is 6.61 Å². The molecule has 9 nitrogen and oxygen atoms in total. The van der Waals surface area contributed by atoms with Crippen molar-refractivity contribution in [3.63, 3.8) is 0 Å². The Morgan fingerprint density at radius 1 is 0.886 bits per heavy atom. The second kappa shape index (κ2) is 10.3. The number of nitrogens with zero attached hydrogens (tertiary/aromatic N) is 1. The van der Waals surface area contributed by atoms with Crippen LogP contribution < -0.4 is 5.32 Å². The van der Waals surface area contributed by atoms with Crippen LogP contribution in [0.25, 0.3) is 10.9 Å². The number of fused-ring (bicyclic) bond motifs is 2. The lowest BCUT2D eigenvalue weighted by Gasteiger charge is -2.20. The van der Waals surface area contributed by atoms with E-state index in [1.165, 1.54) is 32.4 Å². The average molecular weight is 476 g/mol. The Morgan fingerprint density at radius 2 is 1.54 bits per heavy atom. The SMILES string of the molecule is COC(=O)c1cc(NC(=O)COC(=O)c2c3c(nc4ccccc24)CCCC3)cc(C(=O)OC)c1. The van der Waals surface area contributed by atoms with Crippen molar-refractivity contribution in [3.05, 3.63) is 70.4 Å². The van der Waals surface area contributed by atoms with Crippen molar-refractivity contribution in [1.82, 2.24) is 4.98 Å². The maximum Gasteiger partial charge on any atom is 0.339 e. The summed E-state index contributed by atoms with van der Waals surface area (Å²) in [5, 5.41) is 3.23. The third-order valence-corrected chi connectivity index (χ3v) is 5.77. The summed E-state index contributed by atoms with van der Waals surface area (Å²) < 4.78 is 14.8. The molecule has 0 fully saturated rings. The summed E-state index contributed by atoms with van der Waals surface area (Å²) in [5.74, 6) is -2.61. The lowest BCUT2D eigenvalue weighted by Crippen LogP contribution is -2.23. The van der Waals surface area contributed by atoms with E-state index in [0.29, 0.717) is 16.5 Å². The number of amides is 1. The van der Waals surface area contributed by atoms with Gasteiger partial charge in [-0.2, -0.15) is 0 Å². The average Bonchev–Trinajstić information content (AvgIpc) is 2.89. The third kappa shape index (κ3) is 5.13. The number of aromatic nitrogens is 1. The van der Waals surface area contributed by atoms with Crippen LogP contribution in [0.5, 0.6) is 0 Å². The number of benzene rings is 2. The van der Waals surface area contributed by atoms with Gasteiger partial charge in [0.05, 0.1) is 36.4 Å². The summed E-state index contributed by atoms with van der Waals surface area (Å²) in [5.41, 5.74) is 3.17. The van der Waals surface area contributed by atoms with Crippen LogP contribution in [0.15, 0.2) is 42.5 Å². The fraction of sp³-hybridized carbons (Fsp3) is 0.269. The highest BCUT2D eigenvalue weighted by Gasteiger charge is 2.24. The van der Waals surface area contributed by atoms with Crippen LogP contribution in [-0.4, -0.2) is 49.6 Å². The Balaban J connectivity index is 1.53. The Kier molecular flexibility index (Phi) is 7.05. The van der Waals surface area contributed by atoms with E-state index >= 15 is 0 Å². The minimum atomic E-state index is -0.688. The Bertz CT molecular complexity index is 1300. The number of rotatable bonds is 6. The standard InChI is InChI=1S/C26H24N2O7/c1-33-24(30)15-11-16(25(31)34-2)13-17(12-15)27-22(29)14-35-26(32)23-18-7-3-5-9-20(18)28-21-10-6-4-8-19(21)23/h3,5,7,9,11-13H,4,6,8,10,14H2,1-2H3,(H,27,29). The zero-order valence-electron chi connectivity index (χ0n) is 19.4. The Labute approximate surface area is 201 Å². The van der Waals surface area contributed by atoms with Gasteiger partial charge in [0.25, 0.3) is 5.91 Å². The van der Waals surface area contributed by atoms with Crippen LogP contribution in [0.1, 0.15) is 55.2 Å². The number of carbonyl (C=O) groups is 4. The first-order chi connectivity index (χ1) is 16.9. The van der Waals surface area contributed by atoms with E-state index in [2.05, 4.69) is 5.32 Å². The van der Waals surface area contributed by atoms with E-state index in [1.807, 2.05) is 24.3 Å². The smallest absolute Gasteiger partial charge is 0.339 e. The summed E-state index contributed by atoms with van der Waals surface area (Å²) in [6, 6.07) is 11.4. The molecule has 1 aliphatic carbocycles. The molecule has 0 unspecified atom stereocenters. The second-order valence-corrected chi connectivity index (χ2v) is 8.04. The maximum absolute atomic E-state index is 13.1. The van der Waals surface area contributed by atoms with Gasteiger partial charge in [-0.15, -0.1) is 0 Å². The van der Waals surface area contributed by atoms with Crippen molar-refractivity contribution in [3.8, 4) is 0 Å². The number of aryl methyl sites for hydroxylation is 1. The van der Waals surface area contributed by atoms with Crippen LogP contribution in [0.4, 0.5) is 5.69 Å². The lowest BCUT2D eigenvalue weighted by molar-refractivity contribution is -0.119. The molecular weight excluding hydrogens is 452 g/mol. The molecule has 1 heterocycles. The summed E-state index contributed by atoms with van der Waals surface area (Å²) in [7, 11) is 2.40. The van der Waals surface area contributed by atoms with E-state index in [1.54, 1.807) is 0 Å². The number of nitrogens with one attached hydrogen (secondary N) is 1. The van der Waals surface area contributed by atoms with Crippen molar-refractivity contribution in [1.29, 1.82) is 0 Å². The zero-order chi connectivity index (χ0) is 24.9. The van der Waals surface area contributed by atoms with Crippen molar-refractivity contribution in [2.75, 3.05) is 26.1 Å². The second-order valence-electron chi connectivity index (χ2n) is 8.04. The highest BCUT2D eigenvalue weighted by atomic mass is 16.5. The number of methoxy groups -OCH3 is 2. The molecule has 0 aliphatic heterocycles. The van der Waals surface area contributed by atoms with E-state index < -0.39 is 30.4 Å². The molecule has 0 spiro atoms. The number of ether oxygens (including phenoxy) is 3. The lowest BCUT2D eigenvalue weighted by atomic mass is 9.90. The molecule has 1 aliphatic rings. The molecule has 3 aromatic rings. The van der Waals surface area contributed by atoms with Crippen LogP contribution in [0.2, 0.25) is 0 Å². The van der Waals surface area contributed by atoms with E-state index in [9.17, 15) is 19.2 Å². The zero-order valence-corrected chi connectivity index (χ0v) is 19.4. The molecule has 2 aromatic carbocycles. The first-order valence-electron chi connectivity index (χ1n) is 11.1. The molecular formula is C26H24N2O7. The molecule has 35 heavy (non-hydrogen) atoms. The number of hydrogen-bond acceptors (Lipinski definition) is 8. The molecule has 0 saturated heterocycles. The molecule has 4 rings (SSSR count). The van der Waals surface area contributed by atoms with Gasteiger partial charge in [0.1, 0.15) is 0 Å². The van der Waals surface area contributed by atoms with E-state index in [0.717, 1.165) is 36.9 Å². The minimum absolute atomic E-state index is 0.0533. The van der Waals surface area contributed by atoms with Gasteiger partial charge >= 0.3 is 17.9 Å². The van der Waals surface area contributed by atoms with Crippen molar-refractivity contribution in [2.24, 2.45) is 0 Å². The summed E-state index contributed by atoms with van der Waals surface area (Å²) in [4.78, 5) is 54.3. The number of pyridine rings is 1. The molecule has 1 amide bonds. The molecule has 0 bridgehead atoms. The third-order valence-electron chi connectivity index (χ3n) is 5.77. The fourth-order valence-corrected chi connectivity index (χ4v) is 4.18. The molecule has 1 aromatic heterocycles. The van der Waals surface area contributed by atoms with Crippen LogP contribution >= 0.6 is 0 Å². The maximum atomic E-state index is 13.1. The Morgan fingerprint density at radius 3 is 2.23 bits per heavy atom. The highest BCUT2D eigenvalue weighted by Crippen LogP contribution is 2.29. The monoisotopic (exact) mass is 476 g/mol. The number of para-hydroxylation sites is 1. The van der Waals surface area contributed by atoms with Crippen LogP contribution in [-0.2, 0) is 31.8 Å². The van der Waals surface area contributed by atoms with Crippen LogP contribution in [0.3, 0.4) is 0 Å². The van der Waals surface area contributed by atoms with Gasteiger partial charge in [-0.05, 0) is 55.5 Å². The van der Waals surface area contributed by atoms with Crippen molar-refractivity contribution < 1.29 is 33.4 Å². The topological polar surface area (TPSA) is 121 Å². The largest absolute Gasteiger partial charge is 0.465 e. The number of carbonyl (C=O) groups excluding carboxylic acids is 4. The van der Waals surface area contributed by atoms with Gasteiger partial charge in [-0.1, -0.05) is 18.2 Å². The predicted molar refractivity (Wildman–Crippen MR) is 126 cm³/mol. The minimum Gasteiger partial charge on any atom is -0.465 e. The van der Waals surface area contributed by atoms with Crippen LogP contribution in [0, 0.1) is 0 Å².